The highest BCUT2D eigenvalue weighted by Crippen LogP contribution is 2.15. The lowest BCUT2D eigenvalue weighted by atomic mass is 10.2. The summed E-state index contributed by atoms with van der Waals surface area (Å²) < 4.78 is 23.0. The molecule has 0 aliphatic rings. The number of carbonyl (C=O) groups excluding carboxylic acids is 2. The molecule has 1 rings (SSSR count). The molecule has 0 saturated heterocycles. The van der Waals surface area contributed by atoms with E-state index < -0.39 is 23.7 Å². The van der Waals surface area contributed by atoms with Crippen LogP contribution < -0.4 is 10.1 Å². The zero-order valence-corrected chi connectivity index (χ0v) is 12.7. The number of benzene rings is 1. The molecule has 1 aromatic carbocycles. The quantitative estimate of drug-likeness (QED) is 0.739. The first kappa shape index (κ1) is 17.3. The molecule has 1 N–H and O–H groups in total. The van der Waals surface area contributed by atoms with Crippen molar-refractivity contribution in [3.05, 3.63) is 30.1 Å². The van der Waals surface area contributed by atoms with Crippen molar-refractivity contribution in [1.82, 2.24) is 5.32 Å². The second-order valence-electron chi connectivity index (χ2n) is 4.14. The lowest BCUT2D eigenvalue weighted by Crippen LogP contribution is -2.43. The van der Waals surface area contributed by atoms with Crippen molar-refractivity contribution < 1.29 is 23.5 Å². The number of ether oxygens (including phenoxy) is 2. The number of thioether (sulfide) groups is 1. The Morgan fingerprint density at radius 1 is 1.38 bits per heavy atom. The zero-order chi connectivity index (χ0) is 15.7. The number of carbonyl (C=O) groups is 2. The molecule has 116 valence electrons. The van der Waals surface area contributed by atoms with E-state index in [9.17, 15) is 14.0 Å². The van der Waals surface area contributed by atoms with Crippen molar-refractivity contribution >= 4 is 23.6 Å². The second-order valence-corrected chi connectivity index (χ2v) is 5.13. The van der Waals surface area contributed by atoms with Gasteiger partial charge in [-0.15, -0.1) is 0 Å². The Hall–Kier alpha value is -1.76. The van der Waals surface area contributed by atoms with Crippen LogP contribution in [0.5, 0.6) is 5.75 Å². The van der Waals surface area contributed by atoms with Crippen LogP contribution in [0.4, 0.5) is 4.39 Å². The van der Waals surface area contributed by atoms with Gasteiger partial charge in [-0.25, -0.2) is 9.18 Å². The molecule has 1 amide bonds. The fraction of sp³-hybridized carbons (Fsp3) is 0.429. The van der Waals surface area contributed by atoms with Gasteiger partial charge in [0, 0.05) is 0 Å². The van der Waals surface area contributed by atoms with Gasteiger partial charge in [0.15, 0.2) is 18.2 Å². The number of rotatable bonds is 8. The Morgan fingerprint density at radius 3 is 2.71 bits per heavy atom. The number of hydrogen-bond acceptors (Lipinski definition) is 5. The number of amides is 1. The summed E-state index contributed by atoms with van der Waals surface area (Å²) in [6, 6.07) is 5.07. The van der Waals surface area contributed by atoms with Gasteiger partial charge in [-0.05, 0) is 30.6 Å². The molecule has 7 heteroatoms. The van der Waals surface area contributed by atoms with E-state index in [2.05, 4.69) is 10.1 Å². The predicted octanol–water partition coefficient (Wildman–Crippen LogP) is 1.62. The van der Waals surface area contributed by atoms with Crippen LogP contribution in [-0.2, 0) is 14.3 Å². The van der Waals surface area contributed by atoms with Gasteiger partial charge in [-0.3, -0.25) is 4.79 Å². The van der Waals surface area contributed by atoms with Crippen LogP contribution in [0, 0.1) is 5.82 Å². The van der Waals surface area contributed by atoms with Crippen LogP contribution in [0.15, 0.2) is 24.3 Å². The first-order valence-electron chi connectivity index (χ1n) is 6.32. The highest BCUT2D eigenvalue weighted by molar-refractivity contribution is 7.98. The number of esters is 1. The molecule has 0 saturated carbocycles. The minimum atomic E-state index is -0.723. The van der Waals surface area contributed by atoms with E-state index in [-0.39, 0.29) is 12.4 Å². The molecule has 0 radical (unpaired) electrons. The normalized spacial score (nSPS) is 11.6. The van der Waals surface area contributed by atoms with Gasteiger partial charge >= 0.3 is 5.97 Å². The summed E-state index contributed by atoms with van der Waals surface area (Å²) in [6.07, 6.45) is 2.36. The van der Waals surface area contributed by atoms with Gasteiger partial charge in [0.2, 0.25) is 0 Å². The molecule has 21 heavy (non-hydrogen) atoms. The Kier molecular flexibility index (Phi) is 7.60. The summed E-state index contributed by atoms with van der Waals surface area (Å²) in [5, 5.41) is 2.52. The highest BCUT2D eigenvalue weighted by atomic mass is 32.2. The van der Waals surface area contributed by atoms with Crippen LogP contribution in [0.1, 0.15) is 6.42 Å². The van der Waals surface area contributed by atoms with Crippen molar-refractivity contribution in [1.29, 1.82) is 0 Å². The number of hydrogen-bond donors (Lipinski definition) is 1. The van der Waals surface area contributed by atoms with Crippen molar-refractivity contribution in [3.8, 4) is 5.75 Å². The maximum absolute atomic E-state index is 13.3. The number of para-hydroxylation sites is 1. The minimum absolute atomic E-state index is 0.00798. The minimum Gasteiger partial charge on any atom is -0.481 e. The van der Waals surface area contributed by atoms with E-state index in [4.69, 9.17) is 4.74 Å². The summed E-state index contributed by atoms with van der Waals surface area (Å²) in [5.41, 5.74) is 0. The SMILES string of the molecule is COC(=O)[C@H](CCSC)NC(=O)COc1ccccc1F. The van der Waals surface area contributed by atoms with Gasteiger partial charge in [-0.2, -0.15) is 11.8 Å². The Morgan fingerprint density at radius 2 is 2.10 bits per heavy atom. The lowest BCUT2D eigenvalue weighted by Gasteiger charge is -2.16. The van der Waals surface area contributed by atoms with Crippen LogP contribution >= 0.6 is 11.8 Å². The molecule has 0 fully saturated rings. The average Bonchev–Trinajstić information content (AvgIpc) is 2.49. The molecule has 0 aromatic heterocycles. The Bertz CT molecular complexity index is 484. The molecular formula is C14H18FNO4S. The third-order valence-electron chi connectivity index (χ3n) is 2.63. The van der Waals surface area contributed by atoms with Crippen molar-refractivity contribution in [2.24, 2.45) is 0 Å². The Labute approximate surface area is 127 Å². The van der Waals surface area contributed by atoms with E-state index >= 15 is 0 Å². The first-order chi connectivity index (χ1) is 10.1. The summed E-state index contributed by atoms with van der Waals surface area (Å²) in [5.74, 6) is -0.865. The number of nitrogens with one attached hydrogen (secondary N) is 1. The second kappa shape index (κ2) is 9.23. The third kappa shape index (κ3) is 6.03. The van der Waals surface area contributed by atoms with Crippen molar-refractivity contribution in [2.75, 3.05) is 25.7 Å². The zero-order valence-electron chi connectivity index (χ0n) is 11.9. The Balaban J connectivity index is 2.50. The summed E-state index contributed by atoms with van der Waals surface area (Å²) in [6.45, 7) is -0.367. The van der Waals surface area contributed by atoms with Crippen LogP contribution in [0.25, 0.3) is 0 Å². The molecule has 0 unspecified atom stereocenters. The maximum Gasteiger partial charge on any atom is 0.328 e. The van der Waals surface area contributed by atoms with Crippen molar-refractivity contribution in [2.45, 2.75) is 12.5 Å². The molecular weight excluding hydrogens is 297 g/mol. The fourth-order valence-corrected chi connectivity index (χ4v) is 2.04. The third-order valence-corrected chi connectivity index (χ3v) is 3.27. The molecule has 0 aliphatic heterocycles. The molecule has 1 atom stereocenters. The largest absolute Gasteiger partial charge is 0.481 e. The van der Waals surface area contributed by atoms with Gasteiger partial charge < -0.3 is 14.8 Å². The predicted molar refractivity (Wildman–Crippen MR) is 78.8 cm³/mol. The molecule has 0 heterocycles. The molecule has 0 spiro atoms. The standard InChI is InChI=1S/C14H18FNO4S/c1-19-14(18)11(7-8-21-2)16-13(17)9-20-12-6-4-3-5-10(12)15/h3-6,11H,7-9H2,1-2H3,(H,16,17)/t11-/m0/s1. The summed E-state index contributed by atoms with van der Waals surface area (Å²) in [4.78, 5) is 23.3. The number of halogens is 1. The van der Waals surface area contributed by atoms with Crippen LogP contribution in [-0.4, -0.2) is 43.6 Å². The molecule has 0 bridgehead atoms. The van der Waals surface area contributed by atoms with Gasteiger partial charge in [0.25, 0.3) is 5.91 Å². The van der Waals surface area contributed by atoms with E-state index in [1.54, 1.807) is 17.8 Å². The van der Waals surface area contributed by atoms with E-state index in [1.807, 2.05) is 6.26 Å². The van der Waals surface area contributed by atoms with E-state index in [0.29, 0.717) is 12.2 Å². The first-order valence-corrected chi connectivity index (χ1v) is 7.71. The van der Waals surface area contributed by atoms with Crippen molar-refractivity contribution in [3.63, 3.8) is 0 Å². The van der Waals surface area contributed by atoms with Gasteiger partial charge in [-0.1, -0.05) is 12.1 Å². The fourth-order valence-electron chi connectivity index (χ4n) is 1.57. The highest BCUT2D eigenvalue weighted by Gasteiger charge is 2.21. The van der Waals surface area contributed by atoms with Crippen LogP contribution in [0.3, 0.4) is 0 Å². The van der Waals surface area contributed by atoms with E-state index in [1.165, 1.54) is 25.3 Å². The van der Waals surface area contributed by atoms with Gasteiger partial charge in [0.1, 0.15) is 6.04 Å². The molecule has 1 aromatic rings. The smallest absolute Gasteiger partial charge is 0.328 e. The van der Waals surface area contributed by atoms with Gasteiger partial charge in [0.05, 0.1) is 7.11 Å². The molecule has 0 aliphatic carbocycles. The summed E-state index contributed by atoms with van der Waals surface area (Å²) in [7, 11) is 1.26. The molecule has 5 nitrogen and oxygen atoms in total. The number of methoxy groups -OCH3 is 1. The maximum atomic E-state index is 13.3. The lowest BCUT2D eigenvalue weighted by molar-refractivity contribution is -0.145. The average molecular weight is 315 g/mol. The van der Waals surface area contributed by atoms with E-state index in [0.717, 1.165) is 0 Å². The topological polar surface area (TPSA) is 64.6 Å². The van der Waals surface area contributed by atoms with Crippen LogP contribution in [0.2, 0.25) is 0 Å². The monoisotopic (exact) mass is 315 g/mol. The summed E-state index contributed by atoms with van der Waals surface area (Å²) >= 11 is 1.56.